The molecule has 2 rings (SSSR count). The van der Waals surface area contributed by atoms with Crippen molar-refractivity contribution in [3.05, 3.63) is 35.7 Å². The molecule has 0 aliphatic heterocycles. The van der Waals surface area contributed by atoms with E-state index in [-0.39, 0.29) is 6.04 Å². The number of tetrazole rings is 1. The molecule has 0 saturated heterocycles. The standard InChI is InChI=1S/C11H15N5O/c1-16-14-11(13-15-16)7-10(12)8-3-5-9(17-2)6-4-8/h3-6,10H,7,12H2,1-2H3. The van der Waals surface area contributed by atoms with Crippen molar-refractivity contribution in [1.82, 2.24) is 20.2 Å². The smallest absolute Gasteiger partial charge is 0.176 e. The molecular weight excluding hydrogens is 218 g/mol. The fraction of sp³-hybridized carbons (Fsp3) is 0.364. The molecule has 1 atom stereocenters. The number of ether oxygens (including phenoxy) is 1. The number of nitrogens with two attached hydrogens (primary N) is 1. The van der Waals surface area contributed by atoms with Gasteiger partial charge in [-0.1, -0.05) is 12.1 Å². The molecule has 0 amide bonds. The second-order valence-corrected chi connectivity index (χ2v) is 3.78. The first kappa shape index (κ1) is 11.5. The topological polar surface area (TPSA) is 78.9 Å². The molecule has 0 spiro atoms. The number of hydrogen-bond acceptors (Lipinski definition) is 5. The van der Waals surface area contributed by atoms with Crippen LogP contribution in [0.25, 0.3) is 0 Å². The van der Waals surface area contributed by atoms with Gasteiger partial charge in [0.25, 0.3) is 0 Å². The van der Waals surface area contributed by atoms with Crippen LogP contribution in [0, 0.1) is 0 Å². The van der Waals surface area contributed by atoms with E-state index in [9.17, 15) is 0 Å². The summed E-state index contributed by atoms with van der Waals surface area (Å²) in [7, 11) is 3.37. The van der Waals surface area contributed by atoms with E-state index in [1.165, 1.54) is 4.80 Å². The Morgan fingerprint density at radius 3 is 2.59 bits per heavy atom. The summed E-state index contributed by atoms with van der Waals surface area (Å²) in [6.45, 7) is 0. The third-order valence-corrected chi connectivity index (χ3v) is 2.50. The predicted molar refractivity (Wildman–Crippen MR) is 62.4 cm³/mol. The van der Waals surface area contributed by atoms with Gasteiger partial charge in [0.1, 0.15) is 5.75 Å². The van der Waals surface area contributed by atoms with Crippen molar-refractivity contribution in [2.45, 2.75) is 12.5 Å². The lowest BCUT2D eigenvalue weighted by Gasteiger charge is -2.10. The summed E-state index contributed by atoms with van der Waals surface area (Å²) in [6, 6.07) is 7.53. The van der Waals surface area contributed by atoms with Crippen LogP contribution in [0.5, 0.6) is 5.75 Å². The van der Waals surface area contributed by atoms with Gasteiger partial charge in [0.15, 0.2) is 5.82 Å². The normalized spacial score (nSPS) is 12.4. The third-order valence-electron chi connectivity index (χ3n) is 2.50. The van der Waals surface area contributed by atoms with Gasteiger partial charge in [-0.2, -0.15) is 4.80 Å². The SMILES string of the molecule is COc1ccc(C(N)Cc2nnn(C)n2)cc1. The molecule has 0 fully saturated rings. The number of hydrogen-bond donors (Lipinski definition) is 1. The van der Waals surface area contributed by atoms with E-state index in [1.54, 1.807) is 14.2 Å². The van der Waals surface area contributed by atoms with Crippen LogP contribution in [-0.4, -0.2) is 27.3 Å². The Bertz CT molecular complexity index is 479. The molecule has 0 radical (unpaired) electrons. The van der Waals surface area contributed by atoms with Crippen LogP contribution in [0.3, 0.4) is 0 Å². The molecule has 1 aromatic heterocycles. The Hall–Kier alpha value is -1.95. The average molecular weight is 233 g/mol. The summed E-state index contributed by atoms with van der Waals surface area (Å²) in [4.78, 5) is 1.43. The number of methoxy groups -OCH3 is 1. The van der Waals surface area contributed by atoms with E-state index in [0.29, 0.717) is 12.2 Å². The van der Waals surface area contributed by atoms with Gasteiger partial charge < -0.3 is 10.5 Å². The molecule has 1 unspecified atom stereocenters. The Morgan fingerprint density at radius 2 is 2.06 bits per heavy atom. The molecule has 0 aliphatic rings. The highest BCUT2D eigenvalue weighted by Gasteiger charge is 2.10. The van der Waals surface area contributed by atoms with Crippen LogP contribution in [0.2, 0.25) is 0 Å². The summed E-state index contributed by atoms with van der Waals surface area (Å²) < 4.78 is 5.09. The molecule has 0 aliphatic carbocycles. The Morgan fingerprint density at radius 1 is 1.35 bits per heavy atom. The number of nitrogens with zero attached hydrogens (tertiary/aromatic N) is 4. The highest BCUT2D eigenvalue weighted by Crippen LogP contribution is 2.17. The zero-order chi connectivity index (χ0) is 12.3. The Kier molecular flexibility index (Phi) is 3.34. The van der Waals surface area contributed by atoms with Crippen molar-refractivity contribution in [2.24, 2.45) is 12.8 Å². The summed E-state index contributed by atoms with van der Waals surface area (Å²) in [5, 5.41) is 11.8. The minimum absolute atomic E-state index is 0.134. The zero-order valence-electron chi connectivity index (χ0n) is 9.87. The Labute approximate surface area is 99.4 Å². The molecule has 17 heavy (non-hydrogen) atoms. The molecule has 0 bridgehead atoms. The number of rotatable bonds is 4. The molecule has 6 nitrogen and oxygen atoms in total. The second-order valence-electron chi connectivity index (χ2n) is 3.78. The average Bonchev–Trinajstić information content (AvgIpc) is 2.75. The van der Waals surface area contributed by atoms with Crippen molar-refractivity contribution in [3.63, 3.8) is 0 Å². The molecule has 2 N–H and O–H groups in total. The lowest BCUT2D eigenvalue weighted by molar-refractivity contribution is 0.414. The van der Waals surface area contributed by atoms with Gasteiger partial charge in [0, 0.05) is 12.5 Å². The molecular formula is C11H15N5O. The number of benzene rings is 1. The summed E-state index contributed by atoms with van der Waals surface area (Å²) in [5.41, 5.74) is 7.10. The van der Waals surface area contributed by atoms with Gasteiger partial charge >= 0.3 is 0 Å². The van der Waals surface area contributed by atoms with Gasteiger partial charge in [0.2, 0.25) is 0 Å². The van der Waals surface area contributed by atoms with Crippen LogP contribution >= 0.6 is 0 Å². The lowest BCUT2D eigenvalue weighted by atomic mass is 10.0. The number of aromatic nitrogens is 4. The first-order valence-electron chi connectivity index (χ1n) is 5.31. The molecule has 0 saturated carbocycles. The second kappa shape index (κ2) is 4.92. The number of aryl methyl sites for hydroxylation is 1. The van der Waals surface area contributed by atoms with Crippen molar-refractivity contribution in [3.8, 4) is 5.75 Å². The largest absolute Gasteiger partial charge is 0.497 e. The van der Waals surface area contributed by atoms with E-state index < -0.39 is 0 Å². The highest BCUT2D eigenvalue weighted by molar-refractivity contribution is 5.29. The maximum absolute atomic E-state index is 6.07. The predicted octanol–water partition coefficient (Wildman–Crippen LogP) is 0.461. The first-order chi connectivity index (χ1) is 8.19. The summed E-state index contributed by atoms with van der Waals surface area (Å²) in [5.74, 6) is 1.47. The van der Waals surface area contributed by atoms with Crippen molar-refractivity contribution in [1.29, 1.82) is 0 Å². The van der Waals surface area contributed by atoms with E-state index >= 15 is 0 Å². The van der Waals surface area contributed by atoms with Crippen molar-refractivity contribution >= 4 is 0 Å². The quantitative estimate of drug-likeness (QED) is 0.830. The fourth-order valence-corrected chi connectivity index (χ4v) is 1.57. The lowest BCUT2D eigenvalue weighted by Crippen LogP contribution is -2.14. The van der Waals surface area contributed by atoms with Gasteiger partial charge in [-0.25, -0.2) is 0 Å². The molecule has 6 heteroatoms. The van der Waals surface area contributed by atoms with Crippen LogP contribution in [0.1, 0.15) is 17.4 Å². The van der Waals surface area contributed by atoms with E-state index in [4.69, 9.17) is 10.5 Å². The fourth-order valence-electron chi connectivity index (χ4n) is 1.57. The van der Waals surface area contributed by atoms with Crippen LogP contribution in [-0.2, 0) is 13.5 Å². The molecule has 1 heterocycles. The summed E-state index contributed by atoms with van der Waals surface area (Å²) >= 11 is 0. The molecule has 2 aromatic rings. The molecule has 1 aromatic carbocycles. The minimum Gasteiger partial charge on any atom is -0.497 e. The van der Waals surface area contributed by atoms with E-state index in [2.05, 4.69) is 15.4 Å². The first-order valence-corrected chi connectivity index (χ1v) is 5.31. The Balaban J connectivity index is 2.06. The summed E-state index contributed by atoms with van der Waals surface area (Å²) in [6.07, 6.45) is 0.570. The molecule has 90 valence electrons. The van der Waals surface area contributed by atoms with Crippen LogP contribution in [0.4, 0.5) is 0 Å². The zero-order valence-corrected chi connectivity index (χ0v) is 9.87. The van der Waals surface area contributed by atoms with Crippen molar-refractivity contribution in [2.75, 3.05) is 7.11 Å². The van der Waals surface area contributed by atoms with Crippen molar-refractivity contribution < 1.29 is 4.74 Å². The van der Waals surface area contributed by atoms with Gasteiger partial charge in [-0.05, 0) is 22.9 Å². The van der Waals surface area contributed by atoms with Gasteiger partial charge in [-0.3, -0.25) is 0 Å². The monoisotopic (exact) mass is 233 g/mol. The van der Waals surface area contributed by atoms with Gasteiger partial charge in [0.05, 0.1) is 14.2 Å². The minimum atomic E-state index is -0.134. The van der Waals surface area contributed by atoms with Crippen LogP contribution < -0.4 is 10.5 Å². The highest BCUT2D eigenvalue weighted by atomic mass is 16.5. The van der Waals surface area contributed by atoms with Gasteiger partial charge in [-0.15, -0.1) is 10.2 Å². The maximum atomic E-state index is 6.07. The van der Waals surface area contributed by atoms with Crippen LogP contribution in [0.15, 0.2) is 24.3 Å². The van der Waals surface area contributed by atoms with E-state index in [1.807, 2.05) is 24.3 Å². The van der Waals surface area contributed by atoms with E-state index in [0.717, 1.165) is 11.3 Å². The maximum Gasteiger partial charge on any atom is 0.176 e. The third kappa shape index (κ3) is 2.79.